The average molecular weight is 197 g/mol. The third-order valence-electron chi connectivity index (χ3n) is 2.43. The van der Waals surface area contributed by atoms with Gasteiger partial charge >= 0.3 is 0 Å². The highest BCUT2D eigenvalue weighted by molar-refractivity contribution is 8.01. The Bertz CT molecular complexity index is 512. The lowest BCUT2D eigenvalue weighted by Crippen LogP contribution is -1.84. The molecule has 0 N–H and O–H groups in total. The molecule has 1 heteroatoms. The first-order valence-electron chi connectivity index (χ1n) is 4.63. The van der Waals surface area contributed by atoms with Gasteiger partial charge in [-0.3, -0.25) is 0 Å². The number of fused-ring (bicyclic) bond motifs is 2. The van der Waals surface area contributed by atoms with Crippen molar-refractivity contribution in [2.45, 2.75) is 4.90 Å². The van der Waals surface area contributed by atoms with Crippen LogP contribution in [0.4, 0.5) is 0 Å². The molecule has 0 bridgehead atoms. The normalized spacial score (nSPS) is 14.3. The predicted molar refractivity (Wildman–Crippen MR) is 63.1 cm³/mol. The lowest BCUT2D eigenvalue weighted by atomic mass is 10.1. The Morgan fingerprint density at radius 1 is 0.929 bits per heavy atom. The lowest BCUT2D eigenvalue weighted by Gasteiger charge is -2.10. The quantitative estimate of drug-likeness (QED) is 0.612. The zero-order valence-corrected chi connectivity index (χ0v) is 8.42. The summed E-state index contributed by atoms with van der Waals surface area (Å²) in [6, 6.07) is 13.0. The summed E-state index contributed by atoms with van der Waals surface area (Å²) < 4.78 is 0. The van der Waals surface area contributed by atoms with Gasteiger partial charge in [0.25, 0.3) is 0 Å². The van der Waals surface area contributed by atoms with Crippen molar-refractivity contribution in [2.75, 3.05) is 0 Å². The number of thioether (sulfide) groups is 1. The maximum absolute atomic E-state index is 2.26. The fraction of sp³-hybridized carbons (Fsp3) is 0. The van der Waals surface area contributed by atoms with Crippen LogP contribution in [0.2, 0.25) is 0 Å². The van der Waals surface area contributed by atoms with Crippen LogP contribution in [0, 0.1) is 5.75 Å². The van der Waals surface area contributed by atoms with Crippen molar-refractivity contribution in [3.8, 4) is 0 Å². The fourth-order valence-corrected chi connectivity index (χ4v) is 2.49. The topological polar surface area (TPSA) is 0 Å². The molecule has 0 saturated carbocycles. The molecule has 1 aliphatic heterocycles. The summed E-state index contributed by atoms with van der Waals surface area (Å²) in [5.41, 5.74) is 1.33. The van der Waals surface area contributed by atoms with Crippen LogP contribution >= 0.6 is 11.8 Å². The van der Waals surface area contributed by atoms with Gasteiger partial charge in [0.15, 0.2) is 0 Å². The molecular weight excluding hydrogens is 188 g/mol. The minimum Gasteiger partial charge on any atom is -0.116 e. The van der Waals surface area contributed by atoms with Crippen molar-refractivity contribution in [3.63, 3.8) is 0 Å². The summed E-state index contributed by atoms with van der Waals surface area (Å²) in [7, 11) is 0. The SMILES string of the molecule is [CH]1C=Cc2cc3ccccc3cc2S1. The molecule has 2 aromatic rings. The highest BCUT2D eigenvalue weighted by Gasteiger charge is 2.05. The van der Waals surface area contributed by atoms with Gasteiger partial charge in [-0.2, -0.15) is 0 Å². The van der Waals surface area contributed by atoms with Crippen molar-refractivity contribution in [1.29, 1.82) is 0 Å². The Hall–Kier alpha value is -1.21. The van der Waals surface area contributed by atoms with E-state index in [9.17, 15) is 0 Å². The van der Waals surface area contributed by atoms with Gasteiger partial charge in [0.05, 0.1) is 0 Å². The van der Waals surface area contributed by atoms with Gasteiger partial charge in [0.1, 0.15) is 0 Å². The molecule has 0 aromatic heterocycles. The first-order chi connectivity index (χ1) is 6.93. The van der Waals surface area contributed by atoms with Crippen molar-refractivity contribution in [3.05, 3.63) is 53.8 Å². The molecule has 0 saturated heterocycles. The highest BCUT2D eigenvalue weighted by atomic mass is 32.2. The number of hydrogen-bond acceptors (Lipinski definition) is 1. The Kier molecular flexibility index (Phi) is 1.84. The van der Waals surface area contributed by atoms with Crippen molar-refractivity contribution < 1.29 is 0 Å². The summed E-state index contributed by atoms with van der Waals surface area (Å²) in [6.45, 7) is 0. The van der Waals surface area contributed by atoms with Crippen molar-refractivity contribution in [2.24, 2.45) is 0 Å². The van der Waals surface area contributed by atoms with Crippen LogP contribution in [0.5, 0.6) is 0 Å². The average Bonchev–Trinajstić information content (AvgIpc) is 2.26. The molecular formula is C13H9S. The molecule has 2 aromatic carbocycles. The van der Waals surface area contributed by atoms with Crippen molar-refractivity contribution in [1.82, 2.24) is 0 Å². The Balaban J connectivity index is 2.34. The van der Waals surface area contributed by atoms with E-state index in [1.165, 1.54) is 21.2 Å². The second kappa shape index (κ2) is 3.18. The Morgan fingerprint density at radius 2 is 1.71 bits per heavy atom. The Labute approximate surface area is 87.6 Å². The summed E-state index contributed by atoms with van der Waals surface area (Å²) in [6.07, 6.45) is 4.26. The highest BCUT2D eigenvalue weighted by Crippen LogP contribution is 2.33. The molecule has 3 rings (SSSR count). The molecule has 1 aliphatic rings. The third-order valence-corrected chi connectivity index (χ3v) is 3.33. The van der Waals surface area contributed by atoms with Gasteiger partial charge in [-0.1, -0.05) is 36.4 Å². The summed E-state index contributed by atoms with van der Waals surface area (Å²) in [5, 5.41) is 2.64. The zero-order valence-electron chi connectivity index (χ0n) is 7.60. The van der Waals surface area contributed by atoms with Gasteiger partial charge in [-0.05, 0) is 28.5 Å². The lowest BCUT2D eigenvalue weighted by molar-refractivity contribution is 1.45. The van der Waals surface area contributed by atoms with Crippen LogP contribution in [0.3, 0.4) is 0 Å². The van der Waals surface area contributed by atoms with Crippen LogP contribution in [0.1, 0.15) is 5.56 Å². The van der Waals surface area contributed by atoms with Gasteiger partial charge < -0.3 is 0 Å². The van der Waals surface area contributed by atoms with E-state index in [0.717, 1.165) is 0 Å². The molecule has 0 aliphatic carbocycles. The molecule has 0 unspecified atom stereocenters. The molecule has 14 heavy (non-hydrogen) atoms. The van der Waals surface area contributed by atoms with Crippen molar-refractivity contribution >= 4 is 28.6 Å². The van der Waals surface area contributed by atoms with E-state index < -0.39 is 0 Å². The molecule has 1 heterocycles. The molecule has 0 fully saturated rings. The van der Waals surface area contributed by atoms with Gasteiger partial charge in [0.2, 0.25) is 0 Å². The molecule has 0 atom stereocenters. The molecule has 0 amide bonds. The van der Waals surface area contributed by atoms with Crippen LogP contribution in [-0.4, -0.2) is 0 Å². The van der Waals surface area contributed by atoms with E-state index in [2.05, 4.69) is 54.3 Å². The number of rotatable bonds is 0. The molecule has 0 nitrogen and oxygen atoms in total. The van der Waals surface area contributed by atoms with E-state index in [-0.39, 0.29) is 0 Å². The van der Waals surface area contributed by atoms with Crippen LogP contribution in [0.15, 0.2) is 47.4 Å². The summed E-state index contributed by atoms with van der Waals surface area (Å²) >= 11 is 1.79. The van der Waals surface area contributed by atoms with E-state index in [1.807, 2.05) is 0 Å². The standard InChI is InChI=1S/C13H9S/c1-2-5-11-9-13-12(6-3-7-14-13)8-10(11)4-1/h1-9H. The summed E-state index contributed by atoms with van der Waals surface area (Å²) in [4.78, 5) is 1.35. The monoisotopic (exact) mass is 197 g/mol. The second-order valence-corrected chi connectivity index (χ2v) is 4.30. The van der Waals surface area contributed by atoms with Gasteiger partial charge in [-0.15, -0.1) is 11.8 Å². The molecule has 67 valence electrons. The molecule has 1 radical (unpaired) electrons. The maximum Gasteiger partial charge on any atom is 0.0435 e. The zero-order chi connectivity index (χ0) is 9.38. The van der Waals surface area contributed by atoms with Gasteiger partial charge in [-0.25, -0.2) is 0 Å². The fourth-order valence-electron chi connectivity index (χ4n) is 1.72. The minimum absolute atomic E-state index is 1.32. The van der Waals surface area contributed by atoms with E-state index in [4.69, 9.17) is 0 Å². The van der Waals surface area contributed by atoms with Crippen LogP contribution in [0.25, 0.3) is 16.8 Å². The smallest absolute Gasteiger partial charge is 0.0435 e. The first-order valence-corrected chi connectivity index (χ1v) is 5.51. The van der Waals surface area contributed by atoms with Gasteiger partial charge in [0, 0.05) is 10.6 Å². The number of hydrogen-bond donors (Lipinski definition) is 0. The Morgan fingerprint density at radius 3 is 2.57 bits per heavy atom. The maximum atomic E-state index is 2.26. The molecule has 0 spiro atoms. The van der Waals surface area contributed by atoms with E-state index in [1.54, 1.807) is 11.8 Å². The van der Waals surface area contributed by atoms with Crippen LogP contribution < -0.4 is 0 Å². The number of benzene rings is 2. The predicted octanol–water partition coefficient (Wildman–Crippen LogP) is 4.12. The first kappa shape index (κ1) is 8.13. The second-order valence-electron chi connectivity index (χ2n) is 3.35. The summed E-state index contributed by atoms with van der Waals surface area (Å²) in [5.74, 6) is 2.12. The van der Waals surface area contributed by atoms with E-state index in [0.29, 0.717) is 0 Å². The van der Waals surface area contributed by atoms with E-state index >= 15 is 0 Å². The van der Waals surface area contributed by atoms with Crippen LogP contribution in [-0.2, 0) is 0 Å². The minimum atomic E-state index is 1.32. The third kappa shape index (κ3) is 1.25. The largest absolute Gasteiger partial charge is 0.116 e.